The van der Waals surface area contributed by atoms with Gasteiger partial charge in [0.2, 0.25) is 0 Å². The fourth-order valence-electron chi connectivity index (χ4n) is 0.615. The predicted octanol–water partition coefficient (Wildman–Crippen LogP) is 0.185. The molecule has 0 spiro atoms. The van der Waals surface area contributed by atoms with E-state index in [9.17, 15) is 0 Å². The van der Waals surface area contributed by atoms with Crippen molar-refractivity contribution >= 4 is 11.3 Å². The zero-order chi connectivity index (χ0) is 7.23. The van der Waals surface area contributed by atoms with E-state index in [4.69, 9.17) is 0 Å². The Morgan fingerprint density at radius 2 is 1.64 bits per heavy atom. The van der Waals surface area contributed by atoms with Crippen LogP contribution in [0.25, 0.3) is 0 Å². The summed E-state index contributed by atoms with van der Waals surface area (Å²) in [5.74, 6) is 0. The van der Waals surface area contributed by atoms with Crippen LogP contribution in [0.4, 0.5) is 0 Å². The molecule has 1 aromatic rings. The molecule has 0 aliphatic carbocycles. The molecule has 1 rings (SSSR count). The van der Waals surface area contributed by atoms with E-state index in [1.807, 2.05) is 30.3 Å². The first-order chi connectivity index (χ1) is 4.89. The van der Waals surface area contributed by atoms with E-state index in [1.54, 1.807) is 11.3 Å². The van der Waals surface area contributed by atoms with Gasteiger partial charge in [0.15, 0.2) is 0 Å². The second-order valence-electron chi connectivity index (χ2n) is 1.99. The van der Waals surface area contributed by atoms with E-state index >= 15 is 0 Å². The summed E-state index contributed by atoms with van der Waals surface area (Å²) in [5, 5.41) is 2.08. The van der Waals surface area contributed by atoms with Crippen molar-refractivity contribution < 1.29 is 12.4 Å². The summed E-state index contributed by atoms with van der Waals surface area (Å²) in [4.78, 5) is 1.32. The van der Waals surface area contributed by atoms with Gasteiger partial charge < -0.3 is 12.4 Å². The molecule has 0 saturated heterocycles. The molecule has 11 heavy (non-hydrogen) atoms. The van der Waals surface area contributed by atoms with E-state index in [0.29, 0.717) is 0 Å². The van der Waals surface area contributed by atoms with Crippen molar-refractivity contribution in [3.63, 3.8) is 0 Å². The molecule has 0 N–H and O–H groups in total. The zero-order valence-corrected chi connectivity index (χ0v) is 7.90. The van der Waals surface area contributed by atoms with Gasteiger partial charge in [0, 0.05) is 4.88 Å². The molecular formula is C9H10ClS-. The summed E-state index contributed by atoms with van der Waals surface area (Å²) in [7, 11) is 0. The summed E-state index contributed by atoms with van der Waals surface area (Å²) in [6.07, 6.45) is 0. The minimum atomic E-state index is 0. The number of halogens is 1. The molecular weight excluding hydrogens is 176 g/mol. The van der Waals surface area contributed by atoms with Gasteiger partial charge in [-0.2, -0.15) is 0 Å². The molecule has 0 bridgehead atoms. The molecule has 2 heteroatoms. The molecule has 0 nitrogen and oxygen atoms in total. The number of rotatable bonds is 0. The first-order valence-electron chi connectivity index (χ1n) is 3.23. The Hall–Kier alpha value is -0.530. The lowest BCUT2D eigenvalue weighted by Crippen LogP contribution is -3.00. The van der Waals surface area contributed by atoms with E-state index < -0.39 is 0 Å². The SMILES string of the molecule is Cc1cccccccs1.[Cl-]. The van der Waals surface area contributed by atoms with Crippen molar-refractivity contribution in [2.75, 3.05) is 0 Å². The van der Waals surface area contributed by atoms with E-state index in [-0.39, 0.29) is 12.4 Å². The van der Waals surface area contributed by atoms with Crippen LogP contribution in [0.1, 0.15) is 4.88 Å². The highest BCUT2D eigenvalue weighted by atomic mass is 35.5. The Bertz CT molecular complexity index is 217. The predicted molar refractivity (Wildman–Crippen MR) is 46.7 cm³/mol. The van der Waals surface area contributed by atoms with Gasteiger partial charge in [0.05, 0.1) is 0 Å². The maximum Gasteiger partial charge on any atom is 0.00139 e. The van der Waals surface area contributed by atoms with E-state index in [2.05, 4.69) is 18.4 Å². The summed E-state index contributed by atoms with van der Waals surface area (Å²) < 4.78 is 0. The van der Waals surface area contributed by atoms with Crippen molar-refractivity contribution in [1.29, 1.82) is 0 Å². The van der Waals surface area contributed by atoms with Gasteiger partial charge in [-0.15, -0.1) is 11.3 Å². The summed E-state index contributed by atoms with van der Waals surface area (Å²) in [6, 6.07) is 12.3. The molecule has 0 aliphatic heterocycles. The quantitative estimate of drug-likeness (QED) is 0.541. The van der Waals surface area contributed by atoms with Crippen LogP contribution in [0.3, 0.4) is 0 Å². The van der Waals surface area contributed by atoms with Crippen molar-refractivity contribution in [3.8, 4) is 0 Å². The molecule has 0 amide bonds. The van der Waals surface area contributed by atoms with Crippen LogP contribution in [-0.2, 0) is 0 Å². The molecule has 0 aromatic carbocycles. The fraction of sp³-hybridized carbons (Fsp3) is 0.111. The van der Waals surface area contributed by atoms with Crippen molar-refractivity contribution in [1.82, 2.24) is 0 Å². The number of hydrogen-bond acceptors (Lipinski definition) is 1. The molecule has 0 atom stereocenters. The minimum absolute atomic E-state index is 0. The second kappa shape index (κ2) is 6.20. The lowest BCUT2D eigenvalue weighted by molar-refractivity contribution is -0.00000202. The van der Waals surface area contributed by atoms with Crippen LogP contribution in [0.5, 0.6) is 0 Å². The minimum Gasteiger partial charge on any atom is -1.00 e. The van der Waals surface area contributed by atoms with Crippen LogP contribution in [0, 0.1) is 6.92 Å². The molecule has 0 fully saturated rings. The summed E-state index contributed by atoms with van der Waals surface area (Å²) >= 11 is 1.74. The van der Waals surface area contributed by atoms with Crippen LogP contribution in [-0.4, -0.2) is 0 Å². The van der Waals surface area contributed by atoms with Crippen LogP contribution in [0.2, 0.25) is 0 Å². The Morgan fingerprint density at radius 1 is 1.00 bits per heavy atom. The van der Waals surface area contributed by atoms with Crippen LogP contribution in [0.15, 0.2) is 41.8 Å². The highest BCUT2D eigenvalue weighted by molar-refractivity contribution is 7.09. The van der Waals surface area contributed by atoms with Gasteiger partial charge in [-0.1, -0.05) is 30.3 Å². The lowest BCUT2D eigenvalue weighted by atomic mass is 10.4. The second-order valence-corrected chi connectivity index (χ2v) is 3.15. The molecule has 0 aliphatic rings. The Labute approximate surface area is 77.6 Å². The third kappa shape index (κ3) is 4.82. The third-order valence-corrected chi connectivity index (χ3v) is 1.91. The highest BCUT2D eigenvalue weighted by Crippen LogP contribution is 1.99. The van der Waals surface area contributed by atoms with Crippen molar-refractivity contribution in [2.45, 2.75) is 6.92 Å². The molecule has 1 aromatic heterocycles. The third-order valence-electron chi connectivity index (χ3n) is 1.11. The zero-order valence-electron chi connectivity index (χ0n) is 6.33. The summed E-state index contributed by atoms with van der Waals surface area (Å²) in [5.41, 5.74) is 0. The van der Waals surface area contributed by atoms with Gasteiger partial charge in [-0.05, 0) is 18.4 Å². The Balaban J connectivity index is 0.000001000. The maximum atomic E-state index is 2.10. The molecule has 1 heterocycles. The standard InChI is InChI=1S/C9H10S.ClH/c1-9-7-5-3-2-4-6-8-10-9;/h2-8H,1H3;1H/p-1. The molecule has 0 unspecified atom stereocenters. The Morgan fingerprint density at radius 3 is 2.45 bits per heavy atom. The van der Waals surface area contributed by atoms with Gasteiger partial charge in [0.1, 0.15) is 0 Å². The van der Waals surface area contributed by atoms with E-state index in [1.165, 1.54) is 4.88 Å². The highest BCUT2D eigenvalue weighted by Gasteiger charge is 1.71. The average Bonchev–Trinajstić information content (AvgIpc) is 2.02. The normalized spacial score (nSPS) is 7.73. The van der Waals surface area contributed by atoms with Crippen molar-refractivity contribution in [3.05, 3.63) is 46.7 Å². The largest absolute Gasteiger partial charge is 1.00 e. The monoisotopic (exact) mass is 185 g/mol. The van der Waals surface area contributed by atoms with Crippen LogP contribution < -0.4 is 12.4 Å². The first-order valence-corrected chi connectivity index (χ1v) is 4.11. The topological polar surface area (TPSA) is 0 Å². The van der Waals surface area contributed by atoms with Gasteiger partial charge in [-0.25, -0.2) is 0 Å². The average molecular weight is 186 g/mol. The van der Waals surface area contributed by atoms with Gasteiger partial charge in [0.25, 0.3) is 0 Å². The van der Waals surface area contributed by atoms with Gasteiger partial charge in [-0.3, -0.25) is 0 Å². The number of hydrogen-bond donors (Lipinski definition) is 0. The maximum absolute atomic E-state index is 2.10. The van der Waals surface area contributed by atoms with Crippen LogP contribution >= 0.6 is 11.3 Å². The lowest BCUT2D eigenvalue weighted by Gasteiger charge is -1.76. The van der Waals surface area contributed by atoms with E-state index in [0.717, 1.165) is 0 Å². The first kappa shape index (κ1) is 10.5. The fourth-order valence-corrected chi connectivity index (χ4v) is 1.16. The van der Waals surface area contributed by atoms with Crippen molar-refractivity contribution in [2.24, 2.45) is 0 Å². The Kier molecular flexibility index (Phi) is 5.90. The molecule has 60 valence electrons. The van der Waals surface area contributed by atoms with Gasteiger partial charge >= 0.3 is 0 Å². The number of aryl methyl sites for hydroxylation is 1. The molecule has 0 saturated carbocycles. The molecule has 0 radical (unpaired) electrons. The smallest absolute Gasteiger partial charge is 0.00139 e. The summed E-state index contributed by atoms with van der Waals surface area (Å²) in [6.45, 7) is 2.10.